The molecule has 0 saturated heterocycles. The number of likely N-dealkylation sites (N-methyl/N-ethyl adjacent to an activating group) is 1. The van der Waals surface area contributed by atoms with Gasteiger partial charge in [-0.3, -0.25) is 4.79 Å². The molecule has 0 aliphatic carbocycles. The molecule has 0 spiro atoms. The molecule has 1 amide bonds. The lowest BCUT2D eigenvalue weighted by molar-refractivity contribution is -0.129. The third-order valence-corrected chi connectivity index (χ3v) is 5.72. The molecule has 0 radical (unpaired) electrons. The molecule has 0 aliphatic heterocycles. The Morgan fingerprint density at radius 3 is 2.40 bits per heavy atom. The van der Waals surface area contributed by atoms with Crippen LogP contribution in [0.4, 0.5) is 5.82 Å². The van der Waals surface area contributed by atoms with Crippen molar-refractivity contribution in [1.29, 1.82) is 0 Å². The SMILES string of the molecule is Cc1ccc([C@@H](Nc2nnc(-c3ccc(-n4cnc(C)c4)c(CO)n3)cc2C)C(=O)N(C)C)cc1. The number of pyridine rings is 1. The summed E-state index contributed by atoms with van der Waals surface area (Å²) in [7, 11) is 3.46. The maximum absolute atomic E-state index is 12.9. The van der Waals surface area contributed by atoms with Crippen molar-refractivity contribution in [1.82, 2.24) is 29.6 Å². The summed E-state index contributed by atoms with van der Waals surface area (Å²) in [5.41, 5.74) is 6.09. The molecule has 9 nitrogen and oxygen atoms in total. The number of carbonyl (C=O) groups is 1. The molecule has 0 fully saturated rings. The van der Waals surface area contributed by atoms with Crippen LogP contribution >= 0.6 is 0 Å². The number of nitrogens with zero attached hydrogens (tertiary/aromatic N) is 6. The number of nitrogens with one attached hydrogen (secondary N) is 1. The normalized spacial score (nSPS) is 11.8. The molecule has 1 atom stereocenters. The first-order valence-corrected chi connectivity index (χ1v) is 11.3. The maximum atomic E-state index is 12.9. The standard InChI is InChI=1S/C26H29N7O2/c1-16-6-8-19(9-7-16)24(26(35)32(4)5)29-25-17(2)12-21(30-31-25)20-10-11-23(22(14-34)28-20)33-13-18(3)27-15-33/h6-13,15,24,34H,14H2,1-5H3,(H,29,31)/t24-/m1/s1. The summed E-state index contributed by atoms with van der Waals surface area (Å²) in [4.78, 5) is 23.3. The van der Waals surface area contributed by atoms with Crippen molar-refractivity contribution in [2.24, 2.45) is 0 Å². The van der Waals surface area contributed by atoms with E-state index in [-0.39, 0.29) is 12.5 Å². The molecule has 0 unspecified atom stereocenters. The average molecular weight is 472 g/mol. The van der Waals surface area contributed by atoms with E-state index in [0.717, 1.165) is 28.1 Å². The predicted octanol–water partition coefficient (Wildman–Crippen LogP) is 3.38. The second-order valence-corrected chi connectivity index (χ2v) is 8.72. The van der Waals surface area contributed by atoms with Crippen LogP contribution in [0, 0.1) is 20.8 Å². The predicted molar refractivity (Wildman–Crippen MR) is 134 cm³/mol. The third-order valence-electron chi connectivity index (χ3n) is 5.72. The second-order valence-electron chi connectivity index (χ2n) is 8.72. The molecule has 4 rings (SSSR count). The lowest BCUT2D eigenvalue weighted by atomic mass is 10.0. The maximum Gasteiger partial charge on any atom is 0.249 e. The van der Waals surface area contributed by atoms with Crippen LogP contribution in [0.15, 0.2) is 55.0 Å². The number of carbonyl (C=O) groups excluding carboxylic acids is 1. The number of benzene rings is 1. The Bertz CT molecular complexity index is 1350. The number of aliphatic hydroxyl groups excluding tert-OH is 1. The van der Waals surface area contributed by atoms with Gasteiger partial charge in [0, 0.05) is 20.3 Å². The van der Waals surface area contributed by atoms with Crippen molar-refractivity contribution < 1.29 is 9.90 Å². The van der Waals surface area contributed by atoms with Crippen molar-refractivity contribution in [2.45, 2.75) is 33.4 Å². The number of aromatic nitrogens is 5. The minimum atomic E-state index is -0.596. The van der Waals surface area contributed by atoms with Gasteiger partial charge in [-0.25, -0.2) is 9.97 Å². The van der Waals surface area contributed by atoms with E-state index in [2.05, 4.69) is 25.5 Å². The Hall–Kier alpha value is -4.11. The largest absolute Gasteiger partial charge is 0.390 e. The number of imidazole rings is 1. The Morgan fingerprint density at radius 1 is 1.06 bits per heavy atom. The van der Waals surface area contributed by atoms with Crippen LogP contribution in [0.2, 0.25) is 0 Å². The van der Waals surface area contributed by atoms with Gasteiger partial charge >= 0.3 is 0 Å². The number of aliphatic hydroxyl groups is 1. The van der Waals surface area contributed by atoms with Gasteiger partial charge in [-0.05, 0) is 50.1 Å². The van der Waals surface area contributed by atoms with Crippen molar-refractivity contribution in [3.63, 3.8) is 0 Å². The van der Waals surface area contributed by atoms with Gasteiger partial charge in [0.25, 0.3) is 0 Å². The van der Waals surface area contributed by atoms with Gasteiger partial charge in [0.1, 0.15) is 11.7 Å². The molecule has 0 aliphatic rings. The minimum Gasteiger partial charge on any atom is -0.390 e. The molecule has 4 aromatic rings. The molecule has 2 N–H and O–H groups in total. The summed E-state index contributed by atoms with van der Waals surface area (Å²) in [6, 6.07) is 12.8. The van der Waals surface area contributed by atoms with Crippen molar-refractivity contribution in [3.05, 3.63) is 83.1 Å². The summed E-state index contributed by atoms with van der Waals surface area (Å²) < 4.78 is 1.83. The second kappa shape index (κ2) is 10.0. The molecule has 3 aromatic heterocycles. The number of amides is 1. The monoisotopic (exact) mass is 471 g/mol. The molecule has 1 aromatic carbocycles. The topological polar surface area (TPSA) is 109 Å². The van der Waals surface area contributed by atoms with E-state index in [4.69, 9.17) is 0 Å². The number of hydrogen-bond acceptors (Lipinski definition) is 7. The average Bonchev–Trinajstić information content (AvgIpc) is 3.29. The Labute approximate surface area is 204 Å². The molecule has 3 heterocycles. The molecule has 35 heavy (non-hydrogen) atoms. The van der Waals surface area contributed by atoms with Crippen LogP contribution in [0.25, 0.3) is 17.1 Å². The first-order valence-electron chi connectivity index (χ1n) is 11.3. The third kappa shape index (κ3) is 5.20. The van der Waals surface area contributed by atoms with Crippen molar-refractivity contribution in [3.8, 4) is 17.1 Å². The van der Waals surface area contributed by atoms with Gasteiger partial charge in [-0.1, -0.05) is 29.8 Å². The molecule has 0 saturated carbocycles. The summed E-state index contributed by atoms with van der Waals surface area (Å²) >= 11 is 0. The van der Waals surface area contributed by atoms with Crippen molar-refractivity contribution >= 4 is 11.7 Å². The fraction of sp³-hybridized carbons (Fsp3) is 0.269. The number of anilines is 1. The smallest absolute Gasteiger partial charge is 0.249 e. The molecule has 180 valence electrons. The van der Waals surface area contributed by atoms with Crippen LogP contribution < -0.4 is 5.32 Å². The fourth-order valence-corrected chi connectivity index (χ4v) is 3.74. The van der Waals surface area contributed by atoms with E-state index >= 15 is 0 Å². The van der Waals surface area contributed by atoms with Gasteiger partial charge < -0.3 is 19.9 Å². The van der Waals surface area contributed by atoms with Crippen molar-refractivity contribution in [2.75, 3.05) is 19.4 Å². The van der Waals surface area contributed by atoms with Crippen LogP contribution in [0.1, 0.15) is 34.1 Å². The van der Waals surface area contributed by atoms with E-state index < -0.39 is 6.04 Å². The Morgan fingerprint density at radius 2 is 1.80 bits per heavy atom. The van der Waals surface area contributed by atoms with Crippen LogP contribution in [-0.4, -0.2) is 54.7 Å². The van der Waals surface area contributed by atoms with Crippen LogP contribution in [-0.2, 0) is 11.4 Å². The zero-order valence-corrected chi connectivity index (χ0v) is 20.5. The van der Waals surface area contributed by atoms with Gasteiger partial charge in [-0.15, -0.1) is 10.2 Å². The Balaban J connectivity index is 1.63. The van der Waals surface area contributed by atoms with Crippen LogP contribution in [0.3, 0.4) is 0 Å². The highest BCUT2D eigenvalue weighted by Crippen LogP contribution is 2.26. The number of aryl methyl sites for hydroxylation is 3. The first-order chi connectivity index (χ1) is 16.8. The number of rotatable bonds is 7. The van der Waals surface area contributed by atoms with E-state index in [1.807, 2.05) is 74.0 Å². The van der Waals surface area contributed by atoms with E-state index in [9.17, 15) is 9.90 Å². The van der Waals surface area contributed by atoms with Gasteiger partial charge in [0.2, 0.25) is 5.91 Å². The summed E-state index contributed by atoms with van der Waals surface area (Å²) in [5, 5.41) is 21.9. The summed E-state index contributed by atoms with van der Waals surface area (Å²) in [5.74, 6) is 0.432. The highest BCUT2D eigenvalue weighted by Gasteiger charge is 2.24. The number of hydrogen-bond donors (Lipinski definition) is 2. The minimum absolute atomic E-state index is 0.0845. The lowest BCUT2D eigenvalue weighted by Gasteiger charge is -2.23. The van der Waals surface area contributed by atoms with Gasteiger partial charge in [-0.2, -0.15) is 0 Å². The summed E-state index contributed by atoms with van der Waals surface area (Å²) in [6.07, 6.45) is 3.56. The highest BCUT2D eigenvalue weighted by atomic mass is 16.3. The quantitative estimate of drug-likeness (QED) is 0.425. The Kier molecular flexibility index (Phi) is 6.88. The molecule has 9 heteroatoms. The van der Waals surface area contributed by atoms with E-state index in [1.54, 1.807) is 25.3 Å². The fourth-order valence-electron chi connectivity index (χ4n) is 3.74. The lowest BCUT2D eigenvalue weighted by Crippen LogP contribution is -2.33. The zero-order chi connectivity index (χ0) is 25.1. The summed E-state index contributed by atoms with van der Waals surface area (Å²) in [6.45, 7) is 5.59. The molecular weight excluding hydrogens is 442 g/mol. The van der Waals surface area contributed by atoms with Crippen LogP contribution in [0.5, 0.6) is 0 Å². The van der Waals surface area contributed by atoms with E-state index in [0.29, 0.717) is 22.9 Å². The highest BCUT2D eigenvalue weighted by molar-refractivity contribution is 5.85. The first kappa shape index (κ1) is 24.0. The zero-order valence-electron chi connectivity index (χ0n) is 20.5. The van der Waals surface area contributed by atoms with E-state index in [1.165, 1.54) is 0 Å². The van der Waals surface area contributed by atoms with Gasteiger partial charge in [0.05, 0.1) is 35.7 Å². The molecule has 0 bridgehead atoms. The van der Waals surface area contributed by atoms with Gasteiger partial charge in [0.15, 0.2) is 5.82 Å². The molecular formula is C26H29N7O2.